The number of H-pyrrole nitrogens is 1. The fourth-order valence-electron chi connectivity index (χ4n) is 3.63. The summed E-state index contributed by atoms with van der Waals surface area (Å²) in [6, 6.07) is 26.4. The van der Waals surface area contributed by atoms with Gasteiger partial charge in [-0.1, -0.05) is 90.5 Å². The summed E-state index contributed by atoms with van der Waals surface area (Å²) >= 11 is 6.32. The molecular formula is C25H17ClN4O2. The van der Waals surface area contributed by atoms with Crippen LogP contribution < -0.4 is 11.2 Å². The van der Waals surface area contributed by atoms with Crippen LogP contribution in [0, 0.1) is 0 Å². The highest BCUT2D eigenvalue weighted by atomic mass is 35.5. The van der Waals surface area contributed by atoms with Crippen molar-refractivity contribution in [1.29, 1.82) is 0 Å². The van der Waals surface area contributed by atoms with Gasteiger partial charge in [0.15, 0.2) is 11.2 Å². The van der Waals surface area contributed by atoms with Crippen LogP contribution in [0.5, 0.6) is 0 Å². The molecule has 0 aliphatic heterocycles. The van der Waals surface area contributed by atoms with Crippen molar-refractivity contribution >= 4 is 22.8 Å². The fourth-order valence-corrected chi connectivity index (χ4v) is 3.82. The van der Waals surface area contributed by atoms with Gasteiger partial charge in [0.2, 0.25) is 0 Å². The minimum absolute atomic E-state index is 0.0928. The van der Waals surface area contributed by atoms with Crippen LogP contribution in [0.25, 0.3) is 33.7 Å². The standard InChI is InChI=1S/C25H17ClN4O2/c26-19-14-8-7-13-18(19)15-30-23-22(24(31)29-25(30)32)27-20(16-9-3-1-4-10-16)21(28-23)17-11-5-2-6-12-17/h1-14H,15H2,(H,29,31,32). The molecule has 0 unspecified atom stereocenters. The molecule has 2 aromatic heterocycles. The molecule has 7 heteroatoms. The van der Waals surface area contributed by atoms with Crippen molar-refractivity contribution in [3.8, 4) is 22.5 Å². The molecule has 0 fully saturated rings. The van der Waals surface area contributed by atoms with Crippen molar-refractivity contribution in [2.45, 2.75) is 6.54 Å². The van der Waals surface area contributed by atoms with Crippen molar-refractivity contribution < 1.29 is 0 Å². The number of rotatable bonds is 4. The van der Waals surface area contributed by atoms with E-state index in [1.54, 1.807) is 6.07 Å². The van der Waals surface area contributed by atoms with E-state index in [0.29, 0.717) is 16.4 Å². The summed E-state index contributed by atoms with van der Waals surface area (Å²) in [5.74, 6) is 0. The van der Waals surface area contributed by atoms with Crippen LogP contribution in [0.2, 0.25) is 5.02 Å². The van der Waals surface area contributed by atoms with Crippen molar-refractivity contribution in [1.82, 2.24) is 19.5 Å². The number of hydrogen-bond acceptors (Lipinski definition) is 4. The van der Waals surface area contributed by atoms with Gasteiger partial charge >= 0.3 is 5.69 Å². The SMILES string of the molecule is O=c1[nH]c(=O)n(Cc2ccccc2Cl)c2nc(-c3ccccc3)c(-c3ccccc3)nc12. The maximum Gasteiger partial charge on any atom is 0.330 e. The molecule has 0 atom stereocenters. The van der Waals surface area contributed by atoms with E-state index >= 15 is 0 Å². The maximum absolute atomic E-state index is 12.8. The molecule has 156 valence electrons. The Kier molecular flexibility index (Phi) is 5.13. The number of hydrogen-bond donors (Lipinski definition) is 1. The van der Waals surface area contributed by atoms with Crippen molar-refractivity contribution in [2.75, 3.05) is 0 Å². The lowest BCUT2D eigenvalue weighted by atomic mass is 10.0. The van der Waals surface area contributed by atoms with Gasteiger partial charge in [0.25, 0.3) is 5.56 Å². The predicted molar refractivity (Wildman–Crippen MR) is 126 cm³/mol. The third kappa shape index (κ3) is 3.61. The molecule has 0 aliphatic carbocycles. The van der Waals surface area contributed by atoms with Crippen LogP contribution in [0.3, 0.4) is 0 Å². The summed E-state index contributed by atoms with van der Waals surface area (Å²) in [4.78, 5) is 37.3. The number of halogens is 1. The number of aromatic nitrogens is 4. The van der Waals surface area contributed by atoms with Crippen molar-refractivity contribution in [3.63, 3.8) is 0 Å². The molecule has 2 heterocycles. The summed E-state index contributed by atoms with van der Waals surface area (Å²) in [6.07, 6.45) is 0. The van der Waals surface area contributed by atoms with E-state index in [2.05, 4.69) is 9.97 Å². The minimum Gasteiger partial charge on any atom is -0.272 e. The molecule has 0 saturated heterocycles. The molecule has 0 bridgehead atoms. The molecule has 0 saturated carbocycles. The minimum atomic E-state index is -0.579. The van der Waals surface area contributed by atoms with Crippen LogP contribution in [0.15, 0.2) is 94.5 Å². The zero-order valence-corrected chi connectivity index (χ0v) is 17.6. The highest BCUT2D eigenvalue weighted by molar-refractivity contribution is 6.31. The largest absolute Gasteiger partial charge is 0.330 e. The fraction of sp³-hybridized carbons (Fsp3) is 0.0400. The van der Waals surface area contributed by atoms with Gasteiger partial charge in [0.05, 0.1) is 17.9 Å². The molecular weight excluding hydrogens is 424 g/mol. The Morgan fingerprint density at radius 1 is 0.750 bits per heavy atom. The first kappa shape index (κ1) is 19.9. The lowest BCUT2D eigenvalue weighted by Crippen LogP contribution is -2.32. The van der Waals surface area contributed by atoms with E-state index < -0.39 is 11.2 Å². The Morgan fingerprint density at radius 2 is 1.31 bits per heavy atom. The Labute approximate surface area is 187 Å². The Bertz CT molecular complexity index is 1540. The Morgan fingerprint density at radius 3 is 1.94 bits per heavy atom. The van der Waals surface area contributed by atoms with E-state index in [1.807, 2.05) is 78.9 Å². The highest BCUT2D eigenvalue weighted by Crippen LogP contribution is 2.30. The summed E-state index contributed by atoms with van der Waals surface area (Å²) in [6.45, 7) is 0.152. The first-order valence-corrected chi connectivity index (χ1v) is 10.4. The van der Waals surface area contributed by atoms with Crippen LogP contribution >= 0.6 is 11.6 Å². The zero-order valence-electron chi connectivity index (χ0n) is 16.8. The number of fused-ring (bicyclic) bond motifs is 1. The second-order valence-corrected chi connectivity index (χ2v) is 7.67. The lowest BCUT2D eigenvalue weighted by molar-refractivity contribution is 0.744. The van der Waals surface area contributed by atoms with Gasteiger partial charge in [-0.15, -0.1) is 0 Å². The molecule has 0 radical (unpaired) electrons. The molecule has 5 rings (SSSR count). The van der Waals surface area contributed by atoms with Gasteiger partial charge in [-0.05, 0) is 11.6 Å². The van der Waals surface area contributed by atoms with Crippen molar-refractivity contribution in [3.05, 3.63) is 116 Å². The average molecular weight is 441 g/mol. The second kappa shape index (κ2) is 8.24. The van der Waals surface area contributed by atoms with E-state index in [9.17, 15) is 9.59 Å². The normalized spacial score (nSPS) is 11.0. The van der Waals surface area contributed by atoms with Crippen LogP contribution in [-0.4, -0.2) is 19.5 Å². The third-order valence-electron chi connectivity index (χ3n) is 5.19. The summed E-state index contributed by atoms with van der Waals surface area (Å²) in [7, 11) is 0. The van der Waals surface area contributed by atoms with Gasteiger partial charge in [0.1, 0.15) is 0 Å². The van der Waals surface area contributed by atoms with E-state index in [0.717, 1.165) is 16.7 Å². The summed E-state index contributed by atoms with van der Waals surface area (Å²) < 4.78 is 1.40. The van der Waals surface area contributed by atoms with E-state index in [4.69, 9.17) is 16.6 Å². The number of benzene rings is 3. The summed E-state index contributed by atoms with van der Waals surface area (Å²) in [5, 5.41) is 0.524. The Balaban J connectivity index is 1.83. The summed E-state index contributed by atoms with van der Waals surface area (Å²) in [5.41, 5.74) is 2.70. The third-order valence-corrected chi connectivity index (χ3v) is 5.56. The molecule has 0 spiro atoms. The maximum atomic E-state index is 12.8. The molecule has 32 heavy (non-hydrogen) atoms. The number of aromatic amines is 1. The number of nitrogens with one attached hydrogen (secondary N) is 1. The zero-order chi connectivity index (χ0) is 22.1. The van der Waals surface area contributed by atoms with E-state index in [1.165, 1.54) is 4.57 Å². The van der Waals surface area contributed by atoms with Crippen LogP contribution in [0.4, 0.5) is 0 Å². The predicted octanol–water partition coefficient (Wildman–Crippen LogP) is 4.52. The van der Waals surface area contributed by atoms with Gasteiger partial charge in [0, 0.05) is 16.1 Å². The first-order chi connectivity index (χ1) is 15.6. The molecule has 5 aromatic rings. The average Bonchev–Trinajstić information content (AvgIpc) is 2.83. The first-order valence-electron chi connectivity index (χ1n) is 10.0. The lowest BCUT2D eigenvalue weighted by Gasteiger charge is -2.14. The molecule has 0 amide bonds. The van der Waals surface area contributed by atoms with Gasteiger partial charge in [-0.25, -0.2) is 14.8 Å². The Hall–Kier alpha value is -4.03. The smallest absolute Gasteiger partial charge is 0.272 e. The monoisotopic (exact) mass is 440 g/mol. The second-order valence-electron chi connectivity index (χ2n) is 7.26. The molecule has 3 aromatic carbocycles. The van der Waals surface area contributed by atoms with Crippen LogP contribution in [0.1, 0.15) is 5.56 Å². The topological polar surface area (TPSA) is 80.6 Å². The quantitative estimate of drug-likeness (QED) is 0.445. The van der Waals surface area contributed by atoms with Crippen LogP contribution in [-0.2, 0) is 6.54 Å². The van der Waals surface area contributed by atoms with Gasteiger partial charge < -0.3 is 0 Å². The molecule has 0 aliphatic rings. The highest BCUT2D eigenvalue weighted by Gasteiger charge is 2.18. The molecule has 6 nitrogen and oxygen atoms in total. The van der Waals surface area contributed by atoms with Crippen molar-refractivity contribution in [2.24, 2.45) is 0 Å². The van der Waals surface area contributed by atoms with Gasteiger partial charge in [-0.3, -0.25) is 14.3 Å². The number of nitrogens with zero attached hydrogens (tertiary/aromatic N) is 3. The van der Waals surface area contributed by atoms with Gasteiger partial charge in [-0.2, -0.15) is 0 Å². The van der Waals surface area contributed by atoms with E-state index in [-0.39, 0.29) is 17.7 Å². The molecule has 1 N–H and O–H groups in total.